The van der Waals surface area contributed by atoms with Gasteiger partial charge in [0, 0.05) is 17.5 Å². The Hall–Kier alpha value is -2.28. The monoisotopic (exact) mass is 327 g/mol. The van der Waals surface area contributed by atoms with E-state index in [4.69, 9.17) is 4.52 Å². The summed E-state index contributed by atoms with van der Waals surface area (Å²) in [5, 5.41) is 8.18. The highest BCUT2D eigenvalue weighted by Gasteiger charge is 2.28. The lowest BCUT2D eigenvalue weighted by molar-refractivity contribution is 0.378. The van der Waals surface area contributed by atoms with Crippen LogP contribution in [0.15, 0.2) is 34.9 Å². The number of hydrogen-bond acceptors (Lipinski definition) is 7. The van der Waals surface area contributed by atoms with Crippen LogP contribution in [0.1, 0.15) is 54.8 Å². The first kappa shape index (κ1) is 14.3. The van der Waals surface area contributed by atoms with Gasteiger partial charge in [-0.3, -0.25) is 0 Å². The van der Waals surface area contributed by atoms with Crippen LogP contribution in [0.2, 0.25) is 0 Å². The van der Waals surface area contributed by atoms with E-state index >= 15 is 0 Å². The maximum absolute atomic E-state index is 5.35. The van der Waals surface area contributed by atoms with Crippen LogP contribution in [0.3, 0.4) is 0 Å². The Morgan fingerprint density at radius 2 is 2.09 bits per heavy atom. The molecule has 1 saturated carbocycles. The molecule has 0 bridgehead atoms. The first-order chi connectivity index (χ1) is 11.3. The topological polar surface area (TPSA) is 76.7 Å². The SMILES string of the molecule is CC(Nc1nc(C2CC2)ns1)c1noc(Cc2ccccc2)n1. The van der Waals surface area contributed by atoms with Gasteiger partial charge in [-0.05, 0) is 25.3 Å². The van der Waals surface area contributed by atoms with Crippen LogP contribution >= 0.6 is 11.5 Å². The van der Waals surface area contributed by atoms with Crippen molar-refractivity contribution in [2.45, 2.75) is 38.1 Å². The van der Waals surface area contributed by atoms with E-state index < -0.39 is 0 Å². The van der Waals surface area contributed by atoms with Gasteiger partial charge in [-0.1, -0.05) is 35.5 Å². The van der Waals surface area contributed by atoms with Gasteiger partial charge in [0.15, 0.2) is 5.82 Å². The van der Waals surface area contributed by atoms with Crippen molar-refractivity contribution in [3.63, 3.8) is 0 Å². The Kier molecular flexibility index (Phi) is 3.78. The summed E-state index contributed by atoms with van der Waals surface area (Å²) in [4.78, 5) is 8.99. The van der Waals surface area contributed by atoms with Crippen molar-refractivity contribution in [3.8, 4) is 0 Å². The molecule has 23 heavy (non-hydrogen) atoms. The largest absolute Gasteiger partial charge is 0.350 e. The first-order valence-electron chi connectivity index (χ1n) is 7.74. The van der Waals surface area contributed by atoms with Crippen molar-refractivity contribution in [3.05, 3.63) is 53.4 Å². The predicted molar refractivity (Wildman–Crippen MR) is 87.5 cm³/mol. The highest BCUT2D eigenvalue weighted by atomic mass is 32.1. The molecule has 1 aromatic carbocycles. The molecular formula is C16H17N5OS. The molecule has 1 atom stereocenters. The zero-order valence-electron chi connectivity index (χ0n) is 12.8. The zero-order valence-corrected chi connectivity index (χ0v) is 13.6. The van der Waals surface area contributed by atoms with Crippen molar-refractivity contribution in [2.75, 3.05) is 5.32 Å². The number of nitrogens with zero attached hydrogens (tertiary/aromatic N) is 4. The summed E-state index contributed by atoms with van der Waals surface area (Å²) >= 11 is 1.39. The summed E-state index contributed by atoms with van der Waals surface area (Å²) in [5.41, 5.74) is 1.15. The second kappa shape index (κ2) is 6.08. The minimum absolute atomic E-state index is 0.0664. The van der Waals surface area contributed by atoms with Crippen molar-refractivity contribution in [1.82, 2.24) is 19.5 Å². The Bertz CT molecular complexity index is 781. The standard InChI is InChI=1S/C16H17N5OS/c1-10(17-16-19-15(21-23-16)12-7-8-12)14-18-13(22-20-14)9-11-5-3-2-4-6-11/h2-6,10,12H,7-9H2,1H3,(H,17,19,21). The first-order valence-corrected chi connectivity index (χ1v) is 8.52. The van der Waals surface area contributed by atoms with Crippen LogP contribution in [0, 0.1) is 0 Å². The van der Waals surface area contributed by atoms with E-state index in [2.05, 4.69) is 24.8 Å². The normalized spacial score (nSPS) is 15.5. The third-order valence-corrected chi connectivity index (χ3v) is 4.45. The minimum Gasteiger partial charge on any atom is -0.350 e. The average molecular weight is 327 g/mol. The molecule has 1 N–H and O–H groups in total. The zero-order chi connectivity index (χ0) is 15.6. The third kappa shape index (κ3) is 3.39. The number of anilines is 1. The summed E-state index contributed by atoms with van der Waals surface area (Å²) in [7, 11) is 0. The van der Waals surface area contributed by atoms with Gasteiger partial charge in [0.2, 0.25) is 11.0 Å². The fourth-order valence-corrected chi connectivity index (χ4v) is 3.07. The molecule has 6 nitrogen and oxygen atoms in total. The molecular weight excluding hydrogens is 310 g/mol. The lowest BCUT2D eigenvalue weighted by Crippen LogP contribution is -2.08. The molecule has 1 aliphatic carbocycles. The van der Waals surface area contributed by atoms with Crippen LogP contribution in [0.5, 0.6) is 0 Å². The average Bonchev–Trinajstić information content (AvgIpc) is 3.13. The fraction of sp³-hybridized carbons (Fsp3) is 0.375. The van der Waals surface area contributed by atoms with Gasteiger partial charge in [0.25, 0.3) is 0 Å². The Labute approximate surface area is 138 Å². The van der Waals surface area contributed by atoms with Gasteiger partial charge in [-0.2, -0.15) is 9.36 Å². The molecule has 0 spiro atoms. The molecule has 2 heterocycles. The Morgan fingerprint density at radius 3 is 2.87 bits per heavy atom. The molecule has 1 unspecified atom stereocenters. The quantitative estimate of drug-likeness (QED) is 0.746. The molecule has 0 amide bonds. The predicted octanol–water partition coefficient (Wildman–Crippen LogP) is 3.56. The number of rotatable bonds is 6. The molecule has 0 radical (unpaired) electrons. The fourth-order valence-electron chi connectivity index (χ4n) is 2.34. The van der Waals surface area contributed by atoms with Crippen molar-refractivity contribution < 1.29 is 4.52 Å². The van der Waals surface area contributed by atoms with Crippen LogP contribution in [0.25, 0.3) is 0 Å². The van der Waals surface area contributed by atoms with Gasteiger partial charge in [-0.15, -0.1) is 0 Å². The number of benzene rings is 1. The molecule has 7 heteroatoms. The summed E-state index contributed by atoms with van der Waals surface area (Å²) in [5.74, 6) is 2.79. The highest BCUT2D eigenvalue weighted by Crippen LogP contribution is 2.39. The summed E-state index contributed by atoms with van der Waals surface area (Å²) < 4.78 is 9.74. The molecule has 118 valence electrons. The third-order valence-electron chi connectivity index (χ3n) is 3.79. The van der Waals surface area contributed by atoms with E-state index in [-0.39, 0.29) is 6.04 Å². The minimum atomic E-state index is -0.0664. The molecule has 0 saturated heterocycles. The lowest BCUT2D eigenvalue weighted by atomic mass is 10.1. The number of hydrogen-bond donors (Lipinski definition) is 1. The van der Waals surface area contributed by atoms with E-state index in [1.165, 1.54) is 24.4 Å². The molecule has 4 rings (SSSR count). The van der Waals surface area contributed by atoms with Crippen LogP contribution in [0.4, 0.5) is 5.13 Å². The molecule has 1 fully saturated rings. The molecule has 3 aromatic rings. The Balaban J connectivity index is 1.40. The van der Waals surface area contributed by atoms with E-state index in [0.29, 0.717) is 24.1 Å². The number of nitrogens with one attached hydrogen (secondary N) is 1. The number of aromatic nitrogens is 4. The van der Waals surface area contributed by atoms with Crippen LogP contribution < -0.4 is 5.32 Å². The highest BCUT2D eigenvalue weighted by molar-refractivity contribution is 7.09. The van der Waals surface area contributed by atoms with E-state index in [0.717, 1.165) is 16.5 Å². The van der Waals surface area contributed by atoms with E-state index in [1.54, 1.807) is 0 Å². The summed E-state index contributed by atoms with van der Waals surface area (Å²) in [6.45, 7) is 2.00. The lowest BCUT2D eigenvalue weighted by Gasteiger charge is -2.06. The van der Waals surface area contributed by atoms with E-state index in [9.17, 15) is 0 Å². The smallest absolute Gasteiger partial charge is 0.231 e. The second-order valence-corrected chi connectivity index (χ2v) is 6.56. The molecule has 1 aliphatic rings. The van der Waals surface area contributed by atoms with Crippen LogP contribution in [-0.4, -0.2) is 19.5 Å². The maximum atomic E-state index is 5.35. The van der Waals surface area contributed by atoms with Crippen molar-refractivity contribution in [1.29, 1.82) is 0 Å². The second-order valence-electron chi connectivity index (χ2n) is 5.81. The summed E-state index contributed by atoms with van der Waals surface area (Å²) in [6, 6.07) is 10.0. The van der Waals surface area contributed by atoms with Gasteiger partial charge < -0.3 is 9.84 Å². The van der Waals surface area contributed by atoms with Gasteiger partial charge >= 0.3 is 0 Å². The van der Waals surface area contributed by atoms with Gasteiger partial charge in [0.1, 0.15) is 5.82 Å². The van der Waals surface area contributed by atoms with Gasteiger partial charge in [0.05, 0.1) is 12.5 Å². The Morgan fingerprint density at radius 1 is 1.26 bits per heavy atom. The van der Waals surface area contributed by atoms with Crippen molar-refractivity contribution >= 4 is 16.7 Å². The molecule has 0 aliphatic heterocycles. The summed E-state index contributed by atoms with van der Waals surface area (Å²) in [6.07, 6.45) is 3.06. The van der Waals surface area contributed by atoms with E-state index in [1.807, 2.05) is 37.3 Å². The van der Waals surface area contributed by atoms with Crippen LogP contribution in [-0.2, 0) is 6.42 Å². The van der Waals surface area contributed by atoms with Crippen molar-refractivity contribution in [2.24, 2.45) is 0 Å². The van der Waals surface area contributed by atoms with Gasteiger partial charge in [-0.25, -0.2) is 4.98 Å². The maximum Gasteiger partial charge on any atom is 0.231 e. The molecule has 2 aromatic heterocycles.